The Hall–Kier alpha value is -3.51. The van der Waals surface area contributed by atoms with Gasteiger partial charge in [-0.05, 0) is 60.9 Å². The van der Waals surface area contributed by atoms with Crippen molar-refractivity contribution in [2.24, 2.45) is 21.5 Å². The van der Waals surface area contributed by atoms with Crippen molar-refractivity contribution in [1.29, 1.82) is 0 Å². The molecule has 0 amide bonds. The fourth-order valence-electron chi connectivity index (χ4n) is 3.58. The minimum absolute atomic E-state index is 0. The normalized spacial score (nSPS) is 14.8. The van der Waals surface area contributed by atoms with Crippen LogP contribution in [0.2, 0.25) is 0 Å². The molecule has 0 aromatic heterocycles. The van der Waals surface area contributed by atoms with E-state index in [-0.39, 0.29) is 18.4 Å². The third-order valence-corrected chi connectivity index (χ3v) is 4.93. The topological polar surface area (TPSA) is 89.2 Å². The van der Waals surface area contributed by atoms with E-state index in [4.69, 9.17) is 16.2 Å². The number of rotatable bonds is 5. The fraction of sp³-hybridized carbons (Fsp3) is 0.167. The summed E-state index contributed by atoms with van der Waals surface area (Å²) in [6, 6.07) is 26.4. The molecule has 0 fully saturated rings. The van der Waals surface area contributed by atoms with E-state index in [1.165, 1.54) is 11.1 Å². The molecule has 0 radical (unpaired) electrons. The van der Waals surface area contributed by atoms with Crippen molar-refractivity contribution >= 4 is 30.0 Å². The SMILES string of the molecule is CC1(C)N=C(N)N=C(N)N1c1ccc(OCc2cccc(-c3ccccc3)c2)cc1.Cl. The molecular weight excluding hydrogens is 410 g/mol. The fourth-order valence-corrected chi connectivity index (χ4v) is 3.58. The number of guanidine groups is 2. The van der Waals surface area contributed by atoms with E-state index in [1.807, 2.05) is 61.2 Å². The molecule has 4 N–H and O–H groups in total. The maximum Gasteiger partial charge on any atom is 0.220 e. The van der Waals surface area contributed by atoms with Crippen LogP contribution in [0.15, 0.2) is 88.8 Å². The second-order valence-corrected chi connectivity index (χ2v) is 7.62. The van der Waals surface area contributed by atoms with Crippen LogP contribution in [0.5, 0.6) is 5.75 Å². The number of hydrogen-bond acceptors (Lipinski definition) is 6. The predicted molar refractivity (Wildman–Crippen MR) is 130 cm³/mol. The summed E-state index contributed by atoms with van der Waals surface area (Å²) in [5, 5.41) is 0. The lowest BCUT2D eigenvalue weighted by Crippen LogP contribution is -2.54. The van der Waals surface area contributed by atoms with Gasteiger partial charge in [-0.1, -0.05) is 48.5 Å². The van der Waals surface area contributed by atoms with E-state index in [2.05, 4.69) is 46.4 Å². The number of aliphatic imine (C=N–C) groups is 2. The van der Waals surface area contributed by atoms with E-state index in [0.717, 1.165) is 17.0 Å². The molecule has 1 heterocycles. The molecule has 1 aliphatic heterocycles. The summed E-state index contributed by atoms with van der Waals surface area (Å²) in [5.41, 5.74) is 15.6. The van der Waals surface area contributed by atoms with E-state index < -0.39 is 5.66 Å². The summed E-state index contributed by atoms with van der Waals surface area (Å²) in [6.45, 7) is 4.36. The zero-order valence-electron chi connectivity index (χ0n) is 17.5. The van der Waals surface area contributed by atoms with Crippen LogP contribution >= 0.6 is 12.4 Å². The van der Waals surface area contributed by atoms with Crippen molar-refractivity contribution < 1.29 is 4.74 Å². The molecule has 7 heteroatoms. The van der Waals surface area contributed by atoms with Gasteiger partial charge in [-0.2, -0.15) is 4.99 Å². The number of benzene rings is 3. The summed E-state index contributed by atoms with van der Waals surface area (Å²) in [5.74, 6) is 1.28. The van der Waals surface area contributed by atoms with Gasteiger partial charge in [0.1, 0.15) is 18.0 Å². The van der Waals surface area contributed by atoms with E-state index >= 15 is 0 Å². The van der Waals surface area contributed by atoms with Gasteiger partial charge in [-0.15, -0.1) is 12.4 Å². The Bertz CT molecular complexity index is 1090. The van der Waals surface area contributed by atoms with Crippen molar-refractivity contribution in [3.8, 4) is 16.9 Å². The van der Waals surface area contributed by atoms with Crippen LogP contribution in [-0.2, 0) is 6.61 Å². The molecular formula is C24H26ClN5O. The average molecular weight is 436 g/mol. The van der Waals surface area contributed by atoms with Crippen molar-refractivity contribution in [3.05, 3.63) is 84.4 Å². The van der Waals surface area contributed by atoms with Crippen LogP contribution in [-0.4, -0.2) is 17.6 Å². The van der Waals surface area contributed by atoms with E-state index in [9.17, 15) is 0 Å². The summed E-state index contributed by atoms with van der Waals surface area (Å²) in [6.07, 6.45) is 0. The standard InChI is InChI=1S/C24H25N5O.ClH/c1-24(2)28-22(25)27-23(26)29(24)20-11-13-21(14-12-20)30-16-17-7-6-10-19(15-17)18-8-4-3-5-9-18;/h3-15H,16H2,1-2H3,(H4,25,26,27,28);1H. The first-order valence-corrected chi connectivity index (χ1v) is 9.79. The zero-order valence-corrected chi connectivity index (χ0v) is 18.3. The maximum atomic E-state index is 6.10. The second kappa shape index (κ2) is 9.10. The molecule has 0 saturated heterocycles. The van der Waals surface area contributed by atoms with Gasteiger partial charge in [0.05, 0.1) is 0 Å². The lowest BCUT2D eigenvalue weighted by Gasteiger charge is -2.38. The first kappa shape index (κ1) is 22.2. The number of anilines is 1. The monoisotopic (exact) mass is 435 g/mol. The molecule has 31 heavy (non-hydrogen) atoms. The van der Waals surface area contributed by atoms with E-state index in [0.29, 0.717) is 12.6 Å². The molecule has 0 spiro atoms. The molecule has 4 rings (SSSR count). The number of nitrogens with two attached hydrogens (primary N) is 2. The van der Waals surface area contributed by atoms with Crippen LogP contribution in [0.1, 0.15) is 19.4 Å². The van der Waals surface area contributed by atoms with Gasteiger partial charge in [0.2, 0.25) is 11.9 Å². The molecule has 0 atom stereocenters. The molecule has 1 aliphatic rings. The molecule has 160 valence electrons. The van der Waals surface area contributed by atoms with Gasteiger partial charge < -0.3 is 16.2 Å². The van der Waals surface area contributed by atoms with Crippen LogP contribution in [0.3, 0.4) is 0 Å². The van der Waals surface area contributed by atoms with Crippen molar-refractivity contribution in [3.63, 3.8) is 0 Å². The van der Waals surface area contributed by atoms with Crippen LogP contribution in [0.4, 0.5) is 5.69 Å². The highest BCUT2D eigenvalue weighted by atomic mass is 35.5. The smallest absolute Gasteiger partial charge is 0.220 e. The summed E-state index contributed by atoms with van der Waals surface area (Å²) in [4.78, 5) is 10.3. The molecule has 3 aromatic rings. The molecule has 0 bridgehead atoms. The van der Waals surface area contributed by atoms with Gasteiger partial charge >= 0.3 is 0 Å². The first-order valence-electron chi connectivity index (χ1n) is 9.79. The largest absolute Gasteiger partial charge is 0.489 e. The molecule has 0 unspecified atom stereocenters. The van der Waals surface area contributed by atoms with Crippen molar-refractivity contribution in [2.75, 3.05) is 4.90 Å². The number of halogens is 1. The van der Waals surface area contributed by atoms with Crippen molar-refractivity contribution in [1.82, 2.24) is 0 Å². The summed E-state index contributed by atoms with van der Waals surface area (Å²) >= 11 is 0. The molecule has 3 aromatic carbocycles. The highest BCUT2D eigenvalue weighted by Crippen LogP contribution is 2.29. The first-order chi connectivity index (χ1) is 14.4. The Balaban J connectivity index is 0.00000272. The highest BCUT2D eigenvalue weighted by molar-refractivity contribution is 6.05. The number of nitrogens with zero attached hydrogens (tertiary/aromatic N) is 3. The lowest BCUT2D eigenvalue weighted by molar-refractivity contribution is 0.306. The van der Waals surface area contributed by atoms with Gasteiger partial charge in [0, 0.05) is 5.69 Å². The third-order valence-electron chi connectivity index (χ3n) is 4.93. The molecule has 0 aliphatic carbocycles. The predicted octanol–water partition coefficient (Wildman–Crippen LogP) is 4.54. The van der Waals surface area contributed by atoms with Crippen molar-refractivity contribution in [2.45, 2.75) is 26.1 Å². The Morgan fingerprint density at radius 1 is 0.871 bits per heavy atom. The third kappa shape index (κ3) is 4.98. The van der Waals surface area contributed by atoms with Crippen LogP contribution in [0, 0.1) is 0 Å². The summed E-state index contributed by atoms with van der Waals surface area (Å²) < 4.78 is 5.99. The lowest BCUT2D eigenvalue weighted by atomic mass is 10.0. The van der Waals surface area contributed by atoms with Crippen LogP contribution in [0.25, 0.3) is 11.1 Å². The van der Waals surface area contributed by atoms with Gasteiger partial charge in [-0.3, -0.25) is 4.90 Å². The molecule has 6 nitrogen and oxygen atoms in total. The Morgan fingerprint density at radius 2 is 1.55 bits per heavy atom. The quantitative estimate of drug-likeness (QED) is 0.615. The van der Waals surface area contributed by atoms with E-state index in [1.54, 1.807) is 0 Å². The van der Waals surface area contributed by atoms with Gasteiger partial charge in [0.25, 0.3) is 0 Å². The molecule has 0 saturated carbocycles. The number of hydrogen-bond donors (Lipinski definition) is 2. The Kier molecular flexibility index (Phi) is 6.51. The average Bonchev–Trinajstić information content (AvgIpc) is 2.73. The minimum Gasteiger partial charge on any atom is -0.489 e. The Labute approximate surface area is 188 Å². The Morgan fingerprint density at radius 3 is 2.23 bits per heavy atom. The zero-order chi connectivity index (χ0) is 21.1. The highest BCUT2D eigenvalue weighted by Gasteiger charge is 2.32. The van der Waals surface area contributed by atoms with Gasteiger partial charge in [0.15, 0.2) is 0 Å². The van der Waals surface area contributed by atoms with Gasteiger partial charge in [-0.25, -0.2) is 4.99 Å². The number of ether oxygens (including phenoxy) is 1. The van der Waals surface area contributed by atoms with Crippen LogP contribution < -0.4 is 21.1 Å². The minimum atomic E-state index is -0.615. The second-order valence-electron chi connectivity index (χ2n) is 7.62. The summed E-state index contributed by atoms with van der Waals surface area (Å²) in [7, 11) is 0. The maximum absolute atomic E-state index is 6.10.